The van der Waals surface area contributed by atoms with E-state index in [1.165, 1.54) is 12.2 Å². The second kappa shape index (κ2) is 9.99. The smallest absolute Gasteiger partial charge is 0.276 e. The summed E-state index contributed by atoms with van der Waals surface area (Å²) in [5.41, 5.74) is 2.86. The van der Waals surface area contributed by atoms with E-state index in [0.717, 1.165) is 20.7 Å². The fourth-order valence-corrected chi connectivity index (χ4v) is 3.81. The van der Waals surface area contributed by atoms with E-state index in [1.54, 1.807) is 43.3 Å². The first-order valence-corrected chi connectivity index (χ1v) is 10.8. The molecule has 1 saturated heterocycles. The predicted molar refractivity (Wildman–Crippen MR) is 127 cm³/mol. The normalized spacial score (nSPS) is 15.7. The summed E-state index contributed by atoms with van der Waals surface area (Å²) in [6, 6.07) is 20.4. The number of hydrazine groups is 1. The Bertz CT molecular complexity index is 1270. The lowest BCUT2D eigenvalue weighted by Gasteiger charge is -2.26. The highest BCUT2D eigenvalue weighted by molar-refractivity contribution is 6.23. The first kappa shape index (κ1) is 22.7. The molecule has 1 heterocycles. The molecule has 0 spiro atoms. The summed E-state index contributed by atoms with van der Waals surface area (Å²) >= 11 is 0. The average Bonchev–Trinajstić information content (AvgIpc) is 3.15. The molecule has 1 aliphatic heterocycles. The quantitative estimate of drug-likeness (QED) is 0.349. The van der Waals surface area contributed by atoms with Gasteiger partial charge in [-0.25, -0.2) is 9.91 Å². The molecule has 1 fully saturated rings. The summed E-state index contributed by atoms with van der Waals surface area (Å²) in [5, 5.41) is 2.70. The molecule has 0 aliphatic carbocycles. The number of allylic oxidation sites excluding steroid dienone is 1. The number of carbonyl (C=O) groups is 4. The number of rotatable bonds is 6. The number of benzene rings is 3. The number of imide groups is 1. The first-order valence-electron chi connectivity index (χ1n) is 10.8. The standard InChI is InChI=1S/C26H23N3O5/c1-2-9-24(31)29(21-16-25(32)28(26(21)33)19-12-4-3-5-13-19)27-23(30)17-34-22-15-8-11-18-10-6-7-14-20(18)22/h2-15,21H,16-17H2,1H3,(H,27,30). The molecule has 3 aromatic carbocycles. The van der Waals surface area contributed by atoms with Gasteiger partial charge in [-0.3, -0.25) is 24.6 Å². The SMILES string of the molecule is CC=CC(=O)N(NC(=O)COc1cccc2ccccc12)C1CC(=O)N(c2ccccc2)C1=O. The van der Waals surface area contributed by atoms with Gasteiger partial charge in [0.2, 0.25) is 5.91 Å². The van der Waals surface area contributed by atoms with Gasteiger partial charge in [0, 0.05) is 11.5 Å². The molecule has 0 radical (unpaired) electrons. The summed E-state index contributed by atoms with van der Waals surface area (Å²) in [6.45, 7) is 1.25. The number of hydrogen-bond acceptors (Lipinski definition) is 5. The molecule has 0 bridgehead atoms. The zero-order chi connectivity index (χ0) is 24.1. The van der Waals surface area contributed by atoms with Gasteiger partial charge in [0.15, 0.2) is 6.61 Å². The molecule has 172 valence electrons. The van der Waals surface area contributed by atoms with Crippen molar-refractivity contribution < 1.29 is 23.9 Å². The van der Waals surface area contributed by atoms with Crippen molar-refractivity contribution in [3.05, 3.63) is 84.9 Å². The maximum Gasteiger partial charge on any atom is 0.276 e. The van der Waals surface area contributed by atoms with E-state index in [9.17, 15) is 19.2 Å². The number of nitrogens with one attached hydrogen (secondary N) is 1. The third-order valence-electron chi connectivity index (χ3n) is 5.35. The van der Waals surface area contributed by atoms with Crippen molar-refractivity contribution >= 4 is 40.1 Å². The molecular formula is C26H23N3O5. The monoisotopic (exact) mass is 457 g/mol. The molecule has 1 unspecified atom stereocenters. The molecule has 8 nitrogen and oxygen atoms in total. The Morgan fingerprint density at radius 1 is 1.03 bits per heavy atom. The number of amides is 4. The third kappa shape index (κ3) is 4.66. The molecule has 1 aliphatic rings. The van der Waals surface area contributed by atoms with E-state index in [0.29, 0.717) is 11.4 Å². The molecule has 0 aromatic heterocycles. The third-order valence-corrected chi connectivity index (χ3v) is 5.35. The lowest BCUT2D eigenvalue weighted by molar-refractivity contribution is -0.144. The molecular weight excluding hydrogens is 434 g/mol. The number of para-hydroxylation sites is 1. The van der Waals surface area contributed by atoms with Gasteiger partial charge >= 0.3 is 0 Å². The molecule has 8 heteroatoms. The van der Waals surface area contributed by atoms with Gasteiger partial charge in [-0.2, -0.15) is 0 Å². The Kier molecular flexibility index (Phi) is 6.68. The number of ether oxygens (including phenoxy) is 1. The van der Waals surface area contributed by atoms with E-state index in [-0.39, 0.29) is 13.0 Å². The van der Waals surface area contributed by atoms with E-state index in [1.807, 2.05) is 36.4 Å². The molecule has 34 heavy (non-hydrogen) atoms. The van der Waals surface area contributed by atoms with Crippen molar-refractivity contribution in [3.8, 4) is 5.75 Å². The van der Waals surface area contributed by atoms with Crippen molar-refractivity contribution in [2.75, 3.05) is 11.5 Å². The van der Waals surface area contributed by atoms with Crippen LogP contribution in [0.15, 0.2) is 84.9 Å². The Balaban J connectivity index is 1.50. The zero-order valence-corrected chi connectivity index (χ0v) is 18.5. The fourth-order valence-electron chi connectivity index (χ4n) is 3.81. The van der Waals surface area contributed by atoms with Crippen LogP contribution in [-0.4, -0.2) is 41.3 Å². The van der Waals surface area contributed by atoms with Gasteiger partial charge in [-0.05, 0) is 30.5 Å². The van der Waals surface area contributed by atoms with Gasteiger partial charge in [0.05, 0.1) is 12.1 Å². The Labute approximate surface area is 196 Å². The second-order valence-electron chi connectivity index (χ2n) is 7.63. The molecule has 0 saturated carbocycles. The van der Waals surface area contributed by atoms with Gasteiger partial charge in [-0.15, -0.1) is 0 Å². The van der Waals surface area contributed by atoms with Crippen molar-refractivity contribution in [2.45, 2.75) is 19.4 Å². The highest BCUT2D eigenvalue weighted by Gasteiger charge is 2.44. The van der Waals surface area contributed by atoms with E-state index in [4.69, 9.17) is 4.74 Å². The van der Waals surface area contributed by atoms with Crippen molar-refractivity contribution in [3.63, 3.8) is 0 Å². The minimum Gasteiger partial charge on any atom is -0.483 e. The molecule has 1 N–H and O–H groups in total. The van der Waals surface area contributed by atoms with Crippen LogP contribution in [0.4, 0.5) is 5.69 Å². The maximum absolute atomic E-state index is 13.1. The number of carbonyl (C=O) groups excluding carboxylic acids is 4. The van der Waals surface area contributed by atoms with E-state index < -0.39 is 29.7 Å². The van der Waals surface area contributed by atoms with Crippen LogP contribution in [0.5, 0.6) is 5.75 Å². The largest absolute Gasteiger partial charge is 0.483 e. The molecule has 4 rings (SSSR count). The van der Waals surface area contributed by atoms with Gasteiger partial charge < -0.3 is 4.74 Å². The lowest BCUT2D eigenvalue weighted by atomic mass is 10.1. The fraction of sp³-hybridized carbons (Fsp3) is 0.154. The van der Waals surface area contributed by atoms with Crippen molar-refractivity contribution in [2.24, 2.45) is 0 Å². The van der Waals surface area contributed by atoms with Crippen LogP contribution in [-0.2, 0) is 19.2 Å². The minimum atomic E-state index is -1.17. The van der Waals surface area contributed by atoms with Crippen LogP contribution in [0.25, 0.3) is 10.8 Å². The highest BCUT2D eigenvalue weighted by Crippen LogP contribution is 2.26. The highest BCUT2D eigenvalue weighted by atomic mass is 16.5. The molecule has 4 amide bonds. The van der Waals surface area contributed by atoms with Crippen LogP contribution >= 0.6 is 0 Å². The van der Waals surface area contributed by atoms with Crippen LogP contribution in [0.2, 0.25) is 0 Å². The summed E-state index contributed by atoms with van der Waals surface area (Å²) in [5.74, 6) is -1.79. The van der Waals surface area contributed by atoms with Gasteiger partial charge in [-0.1, -0.05) is 60.7 Å². The van der Waals surface area contributed by atoms with Gasteiger partial charge in [0.1, 0.15) is 11.8 Å². The average molecular weight is 457 g/mol. The summed E-state index contributed by atoms with van der Waals surface area (Å²) < 4.78 is 5.69. The molecule has 1 atom stereocenters. The van der Waals surface area contributed by atoms with Crippen molar-refractivity contribution in [1.29, 1.82) is 0 Å². The molecule has 3 aromatic rings. The summed E-state index contributed by atoms with van der Waals surface area (Å²) in [4.78, 5) is 52.1. The van der Waals surface area contributed by atoms with Crippen LogP contribution in [0, 0.1) is 0 Å². The van der Waals surface area contributed by atoms with Crippen LogP contribution < -0.4 is 15.1 Å². The zero-order valence-electron chi connectivity index (χ0n) is 18.5. The van der Waals surface area contributed by atoms with E-state index in [2.05, 4.69) is 5.43 Å². The lowest BCUT2D eigenvalue weighted by Crippen LogP contribution is -2.55. The first-order chi connectivity index (χ1) is 16.5. The number of fused-ring (bicyclic) bond motifs is 1. The Morgan fingerprint density at radius 2 is 1.74 bits per heavy atom. The topological polar surface area (TPSA) is 96.0 Å². The number of hydrogen-bond donors (Lipinski definition) is 1. The van der Waals surface area contributed by atoms with Crippen molar-refractivity contribution in [1.82, 2.24) is 10.4 Å². The van der Waals surface area contributed by atoms with Crippen LogP contribution in [0.3, 0.4) is 0 Å². The summed E-state index contributed by atoms with van der Waals surface area (Å²) in [6.07, 6.45) is 2.46. The van der Waals surface area contributed by atoms with Crippen LogP contribution in [0.1, 0.15) is 13.3 Å². The maximum atomic E-state index is 13.1. The predicted octanol–water partition coefficient (Wildman–Crippen LogP) is 2.99. The Morgan fingerprint density at radius 3 is 2.50 bits per heavy atom. The minimum absolute atomic E-state index is 0.249. The van der Waals surface area contributed by atoms with E-state index >= 15 is 0 Å². The number of anilines is 1. The second-order valence-corrected chi connectivity index (χ2v) is 7.63. The summed E-state index contributed by atoms with van der Waals surface area (Å²) in [7, 11) is 0. The van der Waals surface area contributed by atoms with Gasteiger partial charge in [0.25, 0.3) is 17.7 Å². The number of nitrogens with zero attached hydrogens (tertiary/aromatic N) is 2. The Hall–Kier alpha value is -4.46.